The SMILES string of the molecule is [C-]#[N+]c1ccc2c(n1)c(N1CC(CC)N(C(CCC)c3ccc(C(F)(F)F)cc3)CC1CC)nc(=O)n2C. The maximum atomic E-state index is 13.2. The summed E-state index contributed by atoms with van der Waals surface area (Å²) in [6, 6.07) is 8.95. The van der Waals surface area contributed by atoms with Gasteiger partial charge in [0.1, 0.15) is 0 Å². The Balaban J connectivity index is 1.74. The van der Waals surface area contributed by atoms with Crippen molar-refractivity contribution in [2.75, 3.05) is 18.0 Å². The number of alkyl halides is 3. The summed E-state index contributed by atoms with van der Waals surface area (Å²) in [7, 11) is 1.64. The lowest BCUT2D eigenvalue weighted by molar-refractivity contribution is -0.137. The minimum Gasteiger partial charge on any atom is -0.361 e. The maximum absolute atomic E-state index is 13.2. The predicted octanol–water partition coefficient (Wildman–Crippen LogP) is 6.12. The van der Waals surface area contributed by atoms with Gasteiger partial charge >= 0.3 is 11.9 Å². The van der Waals surface area contributed by atoms with Gasteiger partial charge in [0.25, 0.3) is 5.82 Å². The van der Waals surface area contributed by atoms with Gasteiger partial charge in [-0.1, -0.05) is 45.9 Å². The summed E-state index contributed by atoms with van der Waals surface area (Å²) in [6.07, 6.45) is -1.06. The second-order valence-electron chi connectivity index (χ2n) is 9.82. The van der Waals surface area contributed by atoms with Crippen molar-refractivity contribution < 1.29 is 13.2 Å². The third-order valence-corrected chi connectivity index (χ3v) is 7.57. The highest BCUT2D eigenvalue weighted by atomic mass is 19.4. The first-order valence-corrected chi connectivity index (χ1v) is 13.1. The van der Waals surface area contributed by atoms with E-state index >= 15 is 0 Å². The number of benzene rings is 1. The fraction of sp³-hybridized carbons (Fsp3) is 0.500. The van der Waals surface area contributed by atoms with Crippen molar-refractivity contribution in [1.82, 2.24) is 19.4 Å². The van der Waals surface area contributed by atoms with Crippen molar-refractivity contribution in [2.24, 2.45) is 7.05 Å². The highest BCUT2D eigenvalue weighted by molar-refractivity contribution is 5.87. The molecule has 3 heterocycles. The average molecular weight is 527 g/mol. The molecule has 0 N–H and O–H groups in total. The fourth-order valence-electron chi connectivity index (χ4n) is 5.48. The first-order chi connectivity index (χ1) is 18.1. The molecule has 0 spiro atoms. The van der Waals surface area contributed by atoms with E-state index in [2.05, 4.69) is 45.4 Å². The number of aryl methyl sites for hydroxylation is 1. The average Bonchev–Trinajstić information content (AvgIpc) is 2.92. The predicted molar refractivity (Wildman–Crippen MR) is 142 cm³/mol. The summed E-state index contributed by atoms with van der Waals surface area (Å²) >= 11 is 0. The molecule has 38 heavy (non-hydrogen) atoms. The van der Waals surface area contributed by atoms with Crippen LogP contribution in [0.1, 0.15) is 63.6 Å². The lowest BCUT2D eigenvalue weighted by atomic mass is 9.93. The van der Waals surface area contributed by atoms with Crippen LogP contribution >= 0.6 is 0 Å². The van der Waals surface area contributed by atoms with Gasteiger partial charge in [-0.2, -0.15) is 18.2 Å². The number of pyridine rings is 1. The van der Waals surface area contributed by atoms with Crippen LogP contribution in [-0.2, 0) is 13.2 Å². The number of hydrogen-bond donors (Lipinski definition) is 0. The summed E-state index contributed by atoms with van der Waals surface area (Å²) in [4.78, 5) is 29.7. The Morgan fingerprint density at radius 3 is 2.29 bits per heavy atom. The number of aromatic nitrogens is 3. The zero-order valence-electron chi connectivity index (χ0n) is 22.2. The Morgan fingerprint density at radius 1 is 1.03 bits per heavy atom. The van der Waals surface area contributed by atoms with Crippen LogP contribution in [0, 0.1) is 6.57 Å². The molecule has 1 aromatic carbocycles. The summed E-state index contributed by atoms with van der Waals surface area (Å²) in [6.45, 7) is 14.9. The third-order valence-electron chi connectivity index (χ3n) is 7.57. The van der Waals surface area contributed by atoms with Gasteiger partial charge in [0, 0.05) is 38.3 Å². The Morgan fingerprint density at radius 2 is 1.71 bits per heavy atom. The number of piperazine rings is 1. The smallest absolute Gasteiger partial charge is 0.361 e. The molecule has 0 bridgehead atoms. The largest absolute Gasteiger partial charge is 0.416 e. The van der Waals surface area contributed by atoms with Crippen LogP contribution in [0.25, 0.3) is 15.9 Å². The lowest BCUT2D eigenvalue weighted by Crippen LogP contribution is -2.59. The second kappa shape index (κ2) is 11.1. The van der Waals surface area contributed by atoms with Gasteiger partial charge in [0.15, 0.2) is 5.82 Å². The summed E-state index contributed by atoms with van der Waals surface area (Å²) in [5.41, 5.74) is 0.988. The molecule has 1 aliphatic heterocycles. The van der Waals surface area contributed by atoms with Gasteiger partial charge in [-0.25, -0.2) is 4.79 Å². The molecule has 3 unspecified atom stereocenters. The lowest BCUT2D eigenvalue weighted by Gasteiger charge is -2.49. The number of nitrogens with zero attached hydrogens (tertiary/aromatic N) is 6. The van der Waals surface area contributed by atoms with E-state index in [1.165, 1.54) is 16.7 Å². The van der Waals surface area contributed by atoms with E-state index < -0.39 is 11.7 Å². The van der Waals surface area contributed by atoms with Gasteiger partial charge in [0.2, 0.25) is 5.52 Å². The molecule has 0 aliphatic carbocycles. The van der Waals surface area contributed by atoms with Gasteiger partial charge < -0.3 is 9.74 Å². The van der Waals surface area contributed by atoms with E-state index in [-0.39, 0.29) is 29.6 Å². The van der Waals surface area contributed by atoms with E-state index in [0.29, 0.717) is 29.9 Å². The molecular weight excluding hydrogens is 493 g/mol. The van der Waals surface area contributed by atoms with Crippen molar-refractivity contribution in [1.29, 1.82) is 0 Å². The van der Waals surface area contributed by atoms with Crippen molar-refractivity contribution >= 4 is 22.7 Å². The third kappa shape index (κ3) is 5.25. The van der Waals surface area contributed by atoms with Gasteiger partial charge in [0.05, 0.1) is 11.1 Å². The van der Waals surface area contributed by atoms with Crippen LogP contribution in [-0.4, -0.2) is 44.6 Å². The topological polar surface area (TPSA) is 58.6 Å². The molecule has 7 nitrogen and oxygen atoms in total. The van der Waals surface area contributed by atoms with E-state index in [9.17, 15) is 18.0 Å². The van der Waals surface area contributed by atoms with Crippen molar-refractivity contribution in [2.45, 2.75) is 70.8 Å². The van der Waals surface area contributed by atoms with E-state index in [1.54, 1.807) is 31.3 Å². The fourth-order valence-corrected chi connectivity index (χ4v) is 5.48. The van der Waals surface area contributed by atoms with Gasteiger partial charge in [-0.3, -0.25) is 9.47 Å². The van der Waals surface area contributed by atoms with Crippen molar-refractivity contribution in [3.05, 3.63) is 69.4 Å². The standard InChI is InChI=1S/C28H33F3N6O/c1-6-9-22(18-10-12-19(13-11-18)28(29,30)31)36-16-21(8-3)37(17-20(36)7-2)26-25-23(35(5)27(38)34-26)14-15-24(32-4)33-25/h10-15,20-22H,6-9,16-17H2,1-3,5H3. The van der Waals surface area contributed by atoms with Crippen LogP contribution in [0.3, 0.4) is 0 Å². The monoisotopic (exact) mass is 526 g/mol. The molecule has 0 amide bonds. The Kier molecular flexibility index (Phi) is 8.07. The Bertz CT molecular complexity index is 1380. The summed E-state index contributed by atoms with van der Waals surface area (Å²) in [5.74, 6) is 0.725. The van der Waals surface area contributed by atoms with Crippen LogP contribution in [0.4, 0.5) is 24.8 Å². The second-order valence-corrected chi connectivity index (χ2v) is 9.82. The summed E-state index contributed by atoms with van der Waals surface area (Å²) < 4.78 is 41.0. The van der Waals surface area contributed by atoms with Crippen LogP contribution in [0.2, 0.25) is 0 Å². The van der Waals surface area contributed by atoms with Gasteiger partial charge in [-0.05, 0) is 49.1 Å². The van der Waals surface area contributed by atoms with Crippen molar-refractivity contribution in [3.63, 3.8) is 0 Å². The molecule has 202 valence electrons. The zero-order chi connectivity index (χ0) is 27.6. The quantitative estimate of drug-likeness (QED) is 0.347. The first kappa shape index (κ1) is 27.6. The highest BCUT2D eigenvalue weighted by Gasteiger charge is 2.38. The number of anilines is 1. The van der Waals surface area contributed by atoms with E-state index in [4.69, 9.17) is 6.57 Å². The van der Waals surface area contributed by atoms with E-state index in [0.717, 1.165) is 31.2 Å². The molecule has 10 heteroatoms. The number of halogens is 3. The molecule has 1 fully saturated rings. The van der Waals surface area contributed by atoms with Crippen LogP contribution in [0.5, 0.6) is 0 Å². The number of rotatable bonds is 7. The molecule has 1 saturated heterocycles. The van der Waals surface area contributed by atoms with Gasteiger partial charge in [-0.15, -0.1) is 4.98 Å². The minimum absolute atomic E-state index is 0.00723. The minimum atomic E-state index is -4.37. The van der Waals surface area contributed by atoms with Crippen molar-refractivity contribution in [3.8, 4) is 0 Å². The Labute approximate surface area is 220 Å². The maximum Gasteiger partial charge on any atom is 0.416 e. The number of hydrogen-bond acceptors (Lipinski definition) is 5. The molecule has 4 rings (SSSR count). The summed E-state index contributed by atoms with van der Waals surface area (Å²) in [5, 5.41) is 0. The zero-order valence-corrected chi connectivity index (χ0v) is 22.2. The molecule has 2 aromatic heterocycles. The highest BCUT2D eigenvalue weighted by Crippen LogP contribution is 2.37. The van der Waals surface area contributed by atoms with E-state index in [1.807, 2.05) is 0 Å². The van der Waals surface area contributed by atoms with Crippen LogP contribution in [0.15, 0.2) is 41.2 Å². The Hall–Kier alpha value is -3.45. The molecule has 3 atom stereocenters. The number of fused-ring (bicyclic) bond motifs is 1. The first-order valence-electron chi connectivity index (χ1n) is 13.1. The molecule has 0 saturated carbocycles. The molecule has 3 aromatic rings. The molecule has 0 radical (unpaired) electrons. The molecule has 1 aliphatic rings. The molecular formula is C28H33F3N6O. The van der Waals surface area contributed by atoms with Crippen LogP contribution < -0.4 is 10.6 Å². The normalized spacial score (nSPS) is 19.5.